The predicted octanol–water partition coefficient (Wildman–Crippen LogP) is 0.519. The standard InChI is InChI=1S/C8H9ClINO4S/c1-7(2)3(4(12)13)11-5(14)8(9,10)6(11)16(7)15/h3,6H,1-2H3,(H,12,13)/t3-,6+,8?,16?/m0/s1. The number of alkyl halides is 2. The van der Waals surface area contributed by atoms with Crippen molar-refractivity contribution in [3.8, 4) is 0 Å². The molecule has 4 atom stereocenters. The van der Waals surface area contributed by atoms with Gasteiger partial charge in [0, 0.05) is 0 Å². The molecule has 2 aliphatic heterocycles. The average molecular weight is 378 g/mol. The SMILES string of the molecule is CC1(C)[C@H](C(=O)O)N2C(=O)C(Cl)(I)[C@H]2S1=O. The molecule has 0 aliphatic carbocycles. The van der Waals surface area contributed by atoms with Crippen LogP contribution in [0.2, 0.25) is 0 Å². The van der Waals surface area contributed by atoms with E-state index < -0.39 is 41.7 Å². The van der Waals surface area contributed by atoms with Crippen LogP contribution < -0.4 is 0 Å². The third kappa shape index (κ3) is 1.25. The van der Waals surface area contributed by atoms with Crippen molar-refractivity contribution in [1.29, 1.82) is 0 Å². The number of halogens is 2. The van der Waals surface area contributed by atoms with Crippen molar-refractivity contribution in [3.63, 3.8) is 0 Å². The molecule has 0 bridgehead atoms. The van der Waals surface area contributed by atoms with Crippen LogP contribution in [-0.2, 0) is 20.4 Å². The zero-order chi connectivity index (χ0) is 12.5. The van der Waals surface area contributed by atoms with Crippen molar-refractivity contribution in [1.82, 2.24) is 4.90 Å². The second kappa shape index (κ2) is 3.32. The third-order valence-electron chi connectivity index (χ3n) is 2.97. The number of carboxylic acid groups (broad SMARTS) is 1. The molecule has 2 rings (SSSR count). The summed E-state index contributed by atoms with van der Waals surface area (Å²) in [5, 5.41) is 8.39. The van der Waals surface area contributed by atoms with Crippen LogP contribution in [0.1, 0.15) is 13.8 Å². The summed E-state index contributed by atoms with van der Waals surface area (Å²) in [6.45, 7) is 3.16. The lowest BCUT2D eigenvalue weighted by Gasteiger charge is -2.45. The Morgan fingerprint density at radius 3 is 2.56 bits per heavy atom. The van der Waals surface area contributed by atoms with E-state index >= 15 is 0 Å². The van der Waals surface area contributed by atoms with Gasteiger partial charge in [-0.3, -0.25) is 9.00 Å². The number of amides is 1. The molecule has 5 nitrogen and oxygen atoms in total. The fraction of sp³-hybridized carbons (Fsp3) is 0.750. The monoisotopic (exact) mass is 377 g/mol. The maximum Gasteiger partial charge on any atom is 0.328 e. The molecule has 0 aromatic carbocycles. The molecule has 2 heterocycles. The van der Waals surface area contributed by atoms with Crippen LogP contribution in [0.25, 0.3) is 0 Å². The zero-order valence-corrected chi connectivity index (χ0v) is 12.2. The molecule has 0 spiro atoms. The smallest absolute Gasteiger partial charge is 0.328 e. The minimum Gasteiger partial charge on any atom is -0.480 e. The number of β-lactam (4-membered cyclic amide) rings is 1. The third-order valence-corrected chi connectivity index (χ3v) is 7.19. The van der Waals surface area contributed by atoms with Crippen LogP contribution in [0.4, 0.5) is 0 Å². The van der Waals surface area contributed by atoms with Crippen molar-refractivity contribution in [3.05, 3.63) is 0 Å². The highest BCUT2D eigenvalue weighted by molar-refractivity contribution is 14.1. The Hall–Kier alpha value is 0.110. The minimum absolute atomic E-state index is 0.467. The van der Waals surface area contributed by atoms with Crippen LogP contribution in [0.3, 0.4) is 0 Å². The van der Waals surface area contributed by atoms with Gasteiger partial charge in [-0.25, -0.2) is 4.79 Å². The fourth-order valence-corrected chi connectivity index (χ4v) is 5.65. The van der Waals surface area contributed by atoms with Gasteiger partial charge in [0.2, 0.25) is 2.88 Å². The molecule has 1 amide bonds. The molecule has 0 aromatic heterocycles. The van der Waals surface area contributed by atoms with Crippen LogP contribution in [0.5, 0.6) is 0 Å². The van der Waals surface area contributed by atoms with Crippen molar-refractivity contribution in [2.45, 2.75) is 32.9 Å². The van der Waals surface area contributed by atoms with Crippen LogP contribution >= 0.6 is 34.2 Å². The number of hydrogen-bond acceptors (Lipinski definition) is 3. The molecule has 1 N–H and O–H groups in total. The summed E-state index contributed by atoms with van der Waals surface area (Å²) < 4.78 is 9.89. The number of carbonyl (C=O) groups is 2. The first-order valence-corrected chi connectivity index (χ1v) is 7.14. The van der Waals surface area contributed by atoms with E-state index in [0.717, 1.165) is 4.90 Å². The number of carbonyl (C=O) groups excluding carboxylic acids is 1. The van der Waals surface area contributed by atoms with Gasteiger partial charge < -0.3 is 10.0 Å². The van der Waals surface area contributed by atoms with Gasteiger partial charge in [-0.1, -0.05) is 11.6 Å². The molecule has 16 heavy (non-hydrogen) atoms. The quantitative estimate of drug-likeness (QED) is 0.411. The Labute approximate surface area is 113 Å². The van der Waals surface area contributed by atoms with Gasteiger partial charge >= 0.3 is 5.97 Å². The van der Waals surface area contributed by atoms with E-state index in [1.54, 1.807) is 36.4 Å². The zero-order valence-electron chi connectivity index (χ0n) is 8.44. The van der Waals surface area contributed by atoms with Crippen molar-refractivity contribution < 1.29 is 18.9 Å². The normalized spacial score (nSPS) is 45.1. The van der Waals surface area contributed by atoms with E-state index in [1.165, 1.54) is 0 Å². The molecule has 0 saturated carbocycles. The van der Waals surface area contributed by atoms with Gasteiger partial charge in [0.05, 0.1) is 15.5 Å². The van der Waals surface area contributed by atoms with Crippen molar-refractivity contribution >= 4 is 56.9 Å². The Kier molecular flexibility index (Phi) is 2.61. The fourth-order valence-electron chi connectivity index (χ4n) is 2.13. The second-order valence-electron chi connectivity index (χ2n) is 4.33. The van der Waals surface area contributed by atoms with E-state index in [0.29, 0.717) is 0 Å². The van der Waals surface area contributed by atoms with E-state index in [9.17, 15) is 13.8 Å². The molecular formula is C8H9ClINO4S. The first kappa shape index (κ1) is 12.6. The Bertz CT molecular complexity index is 424. The Morgan fingerprint density at radius 2 is 2.12 bits per heavy atom. The maximum atomic E-state index is 12.1. The van der Waals surface area contributed by atoms with Gasteiger partial charge in [0.1, 0.15) is 11.4 Å². The summed E-state index contributed by atoms with van der Waals surface area (Å²) in [5.41, 5.74) is 0. The summed E-state index contributed by atoms with van der Waals surface area (Å²) >= 11 is 7.68. The topological polar surface area (TPSA) is 74.7 Å². The Morgan fingerprint density at radius 1 is 1.62 bits per heavy atom. The summed E-state index contributed by atoms with van der Waals surface area (Å²) in [5.74, 6) is -1.61. The van der Waals surface area contributed by atoms with Crippen LogP contribution in [0, 0.1) is 0 Å². The molecule has 2 aliphatic rings. The van der Waals surface area contributed by atoms with Crippen molar-refractivity contribution in [2.75, 3.05) is 0 Å². The second-order valence-corrected chi connectivity index (χ2v) is 9.36. The summed E-state index contributed by atoms with van der Waals surface area (Å²) in [6.07, 6.45) is 0. The first-order valence-electron chi connectivity index (χ1n) is 4.47. The lowest BCUT2D eigenvalue weighted by Crippen LogP contribution is -2.69. The lowest BCUT2D eigenvalue weighted by atomic mass is 9.98. The molecule has 2 fully saturated rings. The summed E-state index contributed by atoms with van der Waals surface area (Å²) in [7, 11) is -1.48. The lowest BCUT2D eigenvalue weighted by molar-refractivity contribution is -0.157. The summed E-state index contributed by atoms with van der Waals surface area (Å²) in [6, 6.07) is -1.06. The van der Waals surface area contributed by atoms with Gasteiger partial charge in [-0.05, 0) is 36.4 Å². The van der Waals surface area contributed by atoms with Crippen LogP contribution in [-0.4, -0.2) is 45.1 Å². The van der Waals surface area contributed by atoms with Gasteiger partial charge in [-0.2, -0.15) is 0 Å². The molecule has 0 aromatic rings. The van der Waals surface area contributed by atoms with Crippen LogP contribution in [0.15, 0.2) is 0 Å². The first-order chi connectivity index (χ1) is 7.13. The molecule has 2 saturated heterocycles. The number of fused-ring (bicyclic) bond motifs is 1. The average Bonchev–Trinajstić information content (AvgIpc) is 2.33. The number of hydrogen-bond donors (Lipinski definition) is 1. The number of nitrogens with zero attached hydrogens (tertiary/aromatic N) is 1. The van der Waals surface area contributed by atoms with Gasteiger partial charge in [-0.15, -0.1) is 0 Å². The number of carboxylic acids is 1. The van der Waals surface area contributed by atoms with E-state index in [2.05, 4.69) is 0 Å². The van der Waals surface area contributed by atoms with E-state index in [4.69, 9.17) is 16.7 Å². The summed E-state index contributed by atoms with van der Waals surface area (Å²) in [4.78, 5) is 24.0. The minimum atomic E-state index is -1.48. The highest BCUT2D eigenvalue weighted by Crippen LogP contribution is 2.54. The molecule has 2 unspecified atom stereocenters. The van der Waals surface area contributed by atoms with Gasteiger partial charge in [0.25, 0.3) is 5.91 Å². The van der Waals surface area contributed by atoms with E-state index in [1.807, 2.05) is 0 Å². The van der Waals surface area contributed by atoms with Gasteiger partial charge in [0.15, 0.2) is 0 Å². The number of rotatable bonds is 1. The highest BCUT2D eigenvalue weighted by Gasteiger charge is 2.73. The Balaban J connectivity index is 2.50. The predicted molar refractivity (Wildman–Crippen MR) is 66.9 cm³/mol. The largest absolute Gasteiger partial charge is 0.480 e. The molecule has 90 valence electrons. The molecule has 0 radical (unpaired) electrons. The molecular weight excluding hydrogens is 369 g/mol. The highest BCUT2D eigenvalue weighted by atomic mass is 127. The van der Waals surface area contributed by atoms with E-state index in [-0.39, 0.29) is 0 Å². The number of aliphatic carboxylic acids is 1. The maximum absolute atomic E-state index is 12.1. The molecule has 8 heteroatoms. The van der Waals surface area contributed by atoms with Crippen molar-refractivity contribution in [2.24, 2.45) is 0 Å².